The highest BCUT2D eigenvalue weighted by molar-refractivity contribution is 5.87. The number of hydrogen-bond donors (Lipinski definition) is 2. The highest BCUT2D eigenvalue weighted by atomic mass is 16.5. The molecule has 0 aromatic heterocycles. The summed E-state index contributed by atoms with van der Waals surface area (Å²) in [7, 11) is 0. The van der Waals surface area contributed by atoms with Crippen molar-refractivity contribution in [2.75, 3.05) is 13.2 Å². The zero-order valence-corrected chi connectivity index (χ0v) is 11.6. The lowest BCUT2D eigenvalue weighted by Crippen LogP contribution is -2.24. The Hall–Kier alpha value is -2.02. The summed E-state index contributed by atoms with van der Waals surface area (Å²) in [5.41, 5.74) is 1.07. The first kappa shape index (κ1) is 14.4. The molecule has 0 saturated carbocycles. The van der Waals surface area contributed by atoms with Crippen molar-refractivity contribution in [3.63, 3.8) is 0 Å². The Bertz CT molecular complexity index is 614. The van der Waals surface area contributed by atoms with Crippen LogP contribution in [0.25, 0.3) is 10.8 Å². The molecule has 0 radical (unpaired) electrons. The van der Waals surface area contributed by atoms with Crippen molar-refractivity contribution in [1.29, 1.82) is 0 Å². The lowest BCUT2D eigenvalue weighted by Gasteiger charge is -2.14. The van der Waals surface area contributed by atoms with Crippen LogP contribution in [0, 0.1) is 12.3 Å². The second kappa shape index (κ2) is 6.95. The van der Waals surface area contributed by atoms with Gasteiger partial charge < -0.3 is 15.2 Å². The van der Waals surface area contributed by atoms with Gasteiger partial charge >= 0.3 is 0 Å². The van der Waals surface area contributed by atoms with Crippen LogP contribution in [-0.2, 0) is 6.54 Å². The van der Waals surface area contributed by atoms with Gasteiger partial charge in [0.25, 0.3) is 0 Å². The summed E-state index contributed by atoms with van der Waals surface area (Å²) in [5, 5.41) is 14.9. The molecule has 0 bridgehead atoms. The summed E-state index contributed by atoms with van der Waals surface area (Å²) in [5.74, 6) is 3.27. The fourth-order valence-electron chi connectivity index (χ4n) is 2.16. The van der Waals surface area contributed by atoms with Gasteiger partial charge in [0.15, 0.2) is 0 Å². The second-order valence-corrected chi connectivity index (χ2v) is 4.74. The molecule has 3 heteroatoms. The molecule has 1 atom stereocenters. The van der Waals surface area contributed by atoms with Crippen molar-refractivity contribution in [1.82, 2.24) is 5.32 Å². The largest absolute Gasteiger partial charge is 0.481 e. The molecule has 0 fully saturated rings. The average molecular weight is 269 g/mol. The van der Waals surface area contributed by atoms with Crippen LogP contribution in [0.5, 0.6) is 5.75 Å². The van der Waals surface area contributed by atoms with Crippen LogP contribution in [0.1, 0.15) is 12.5 Å². The molecule has 3 nitrogen and oxygen atoms in total. The first-order valence-corrected chi connectivity index (χ1v) is 6.68. The van der Waals surface area contributed by atoms with Gasteiger partial charge in [-0.25, -0.2) is 0 Å². The molecule has 1 unspecified atom stereocenters. The van der Waals surface area contributed by atoms with Crippen molar-refractivity contribution in [3.8, 4) is 18.1 Å². The maximum Gasteiger partial charge on any atom is 0.148 e. The number of rotatable bonds is 6. The van der Waals surface area contributed by atoms with Gasteiger partial charge in [-0.05, 0) is 23.8 Å². The van der Waals surface area contributed by atoms with E-state index in [0.29, 0.717) is 13.1 Å². The van der Waals surface area contributed by atoms with E-state index >= 15 is 0 Å². The molecule has 0 amide bonds. The van der Waals surface area contributed by atoms with Crippen molar-refractivity contribution < 1.29 is 9.84 Å². The van der Waals surface area contributed by atoms with E-state index in [2.05, 4.69) is 23.4 Å². The smallest absolute Gasteiger partial charge is 0.148 e. The van der Waals surface area contributed by atoms with Gasteiger partial charge in [-0.2, -0.15) is 0 Å². The summed E-state index contributed by atoms with van der Waals surface area (Å²) in [6, 6.07) is 12.1. The number of ether oxygens (including phenoxy) is 1. The normalized spacial score (nSPS) is 12.1. The fourth-order valence-corrected chi connectivity index (χ4v) is 2.16. The molecule has 2 rings (SSSR count). The van der Waals surface area contributed by atoms with Crippen LogP contribution in [0.2, 0.25) is 0 Å². The number of fused-ring (bicyclic) bond motifs is 1. The number of benzene rings is 2. The molecule has 104 valence electrons. The van der Waals surface area contributed by atoms with Gasteiger partial charge in [-0.3, -0.25) is 0 Å². The molecule has 2 aromatic rings. The molecular weight excluding hydrogens is 250 g/mol. The standard InChI is InChI=1S/C17H19NO2/c1-3-10-20-17-9-8-14-6-4-5-7-15(14)16(17)12-18-11-13(2)19/h1,4-9,13,18-19H,10-12H2,2H3. The third-order valence-electron chi connectivity index (χ3n) is 3.05. The maximum absolute atomic E-state index is 9.33. The number of aliphatic hydroxyl groups is 1. The van der Waals surface area contributed by atoms with E-state index < -0.39 is 0 Å². The molecular formula is C17H19NO2. The molecule has 2 N–H and O–H groups in total. The molecule has 0 aliphatic carbocycles. The quantitative estimate of drug-likeness (QED) is 0.791. The van der Waals surface area contributed by atoms with Gasteiger partial charge in [0.2, 0.25) is 0 Å². The number of nitrogens with one attached hydrogen (secondary N) is 1. The molecule has 20 heavy (non-hydrogen) atoms. The Morgan fingerprint density at radius 3 is 2.85 bits per heavy atom. The second-order valence-electron chi connectivity index (χ2n) is 4.74. The maximum atomic E-state index is 9.33. The molecule has 0 heterocycles. The average Bonchev–Trinajstić information content (AvgIpc) is 2.45. The van der Waals surface area contributed by atoms with Crippen LogP contribution in [0.4, 0.5) is 0 Å². The van der Waals surface area contributed by atoms with Gasteiger partial charge in [0, 0.05) is 18.7 Å². The fraction of sp³-hybridized carbons (Fsp3) is 0.294. The molecule has 0 saturated heterocycles. The van der Waals surface area contributed by atoms with Gasteiger partial charge in [0.05, 0.1) is 6.10 Å². The minimum absolute atomic E-state index is 0.252. The summed E-state index contributed by atoms with van der Waals surface area (Å²) in [4.78, 5) is 0. The predicted octanol–water partition coefficient (Wildman–Crippen LogP) is 2.32. The van der Waals surface area contributed by atoms with Crippen molar-refractivity contribution in [2.24, 2.45) is 0 Å². The van der Waals surface area contributed by atoms with E-state index in [1.807, 2.05) is 24.3 Å². The van der Waals surface area contributed by atoms with E-state index in [4.69, 9.17) is 11.2 Å². The minimum atomic E-state index is -0.375. The van der Waals surface area contributed by atoms with E-state index in [0.717, 1.165) is 22.1 Å². The highest BCUT2D eigenvalue weighted by Crippen LogP contribution is 2.28. The van der Waals surface area contributed by atoms with E-state index in [9.17, 15) is 5.11 Å². The summed E-state index contributed by atoms with van der Waals surface area (Å²) in [6.45, 7) is 3.18. The highest BCUT2D eigenvalue weighted by Gasteiger charge is 2.08. The molecule has 0 aliphatic heterocycles. The van der Waals surface area contributed by atoms with Crippen molar-refractivity contribution in [3.05, 3.63) is 42.0 Å². The van der Waals surface area contributed by atoms with E-state index in [1.54, 1.807) is 6.92 Å². The summed E-state index contributed by atoms with van der Waals surface area (Å²) >= 11 is 0. The zero-order chi connectivity index (χ0) is 14.4. The SMILES string of the molecule is C#CCOc1ccc2ccccc2c1CNCC(C)O. The third-order valence-corrected chi connectivity index (χ3v) is 3.05. The van der Waals surface area contributed by atoms with Crippen molar-refractivity contribution in [2.45, 2.75) is 19.6 Å². The molecule has 0 spiro atoms. The minimum Gasteiger partial charge on any atom is -0.481 e. The number of aliphatic hydroxyl groups excluding tert-OH is 1. The zero-order valence-electron chi connectivity index (χ0n) is 11.6. The van der Waals surface area contributed by atoms with Gasteiger partial charge in [-0.15, -0.1) is 6.42 Å². The summed E-state index contributed by atoms with van der Waals surface area (Å²) < 4.78 is 5.61. The Morgan fingerprint density at radius 1 is 1.30 bits per heavy atom. The Balaban J connectivity index is 2.31. The van der Waals surface area contributed by atoms with E-state index in [1.165, 1.54) is 0 Å². The Kier molecular flexibility index (Phi) is 5.00. The third kappa shape index (κ3) is 3.51. The molecule has 0 aliphatic rings. The summed E-state index contributed by atoms with van der Waals surface area (Å²) in [6.07, 6.45) is 4.88. The van der Waals surface area contributed by atoms with Crippen LogP contribution < -0.4 is 10.1 Å². The van der Waals surface area contributed by atoms with Crippen molar-refractivity contribution >= 4 is 10.8 Å². The first-order valence-electron chi connectivity index (χ1n) is 6.68. The van der Waals surface area contributed by atoms with Gasteiger partial charge in [-0.1, -0.05) is 36.3 Å². The van der Waals surface area contributed by atoms with Gasteiger partial charge in [0.1, 0.15) is 12.4 Å². The van der Waals surface area contributed by atoms with Crippen LogP contribution >= 0.6 is 0 Å². The van der Waals surface area contributed by atoms with E-state index in [-0.39, 0.29) is 12.7 Å². The number of terminal acetylenes is 1. The lowest BCUT2D eigenvalue weighted by molar-refractivity contribution is 0.191. The predicted molar refractivity (Wildman–Crippen MR) is 81.7 cm³/mol. The topological polar surface area (TPSA) is 41.5 Å². The first-order chi connectivity index (χ1) is 9.72. The monoisotopic (exact) mass is 269 g/mol. The van der Waals surface area contributed by atoms with Crippen LogP contribution in [0.3, 0.4) is 0 Å². The van der Waals surface area contributed by atoms with Crippen LogP contribution in [-0.4, -0.2) is 24.4 Å². The Labute approximate surface area is 119 Å². The van der Waals surface area contributed by atoms with Crippen LogP contribution in [0.15, 0.2) is 36.4 Å². The Morgan fingerprint density at radius 2 is 2.10 bits per heavy atom. The molecule has 2 aromatic carbocycles. The lowest BCUT2D eigenvalue weighted by atomic mass is 10.0. The number of hydrogen-bond acceptors (Lipinski definition) is 3.